The Morgan fingerprint density at radius 1 is 1.39 bits per heavy atom. The van der Waals surface area contributed by atoms with Gasteiger partial charge in [0.25, 0.3) is 5.69 Å². The second-order valence-electron chi connectivity index (χ2n) is 3.96. The Kier molecular flexibility index (Phi) is 3.73. The van der Waals surface area contributed by atoms with Gasteiger partial charge in [-0.1, -0.05) is 0 Å². The SMILES string of the molecule is O=C(Nc1ccc([N+](=O)[O-])cc1)NC1CCOC1. The van der Waals surface area contributed by atoms with E-state index in [9.17, 15) is 14.9 Å². The molecule has 1 aliphatic heterocycles. The molecule has 0 aromatic heterocycles. The van der Waals surface area contributed by atoms with Crippen LogP contribution in [0, 0.1) is 10.1 Å². The predicted molar refractivity (Wildman–Crippen MR) is 64.5 cm³/mol. The summed E-state index contributed by atoms with van der Waals surface area (Å²) in [5.41, 5.74) is 0.502. The van der Waals surface area contributed by atoms with Gasteiger partial charge in [-0.3, -0.25) is 10.1 Å². The van der Waals surface area contributed by atoms with Gasteiger partial charge in [0, 0.05) is 24.4 Å². The van der Waals surface area contributed by atoms with Crippen molar-refractivity contribution in [2.45, 2.75) is 12.5 Å². The van der Waals surface area contributed by atoms with E-state index in [-0.39, 0.29) is 17.8 Å². The minimum absolute atomic E-state index is 0.00912. The zero-order valence-electron chi connectivity index (χ0n) is 9.59. The van der Waals surface area contributed by atoms with Crippen LogP contribution in [0.5, 0.6) is 0 Å². The van der Waals surface area contributed by atoms with Gasteiger partial charge >= 0.3 is 6.03 Å². The van der Waals surface area contributed by atoms with E-state index in [4.69, 9.17) is 4.74 Å². The Balaban J connectivity index is 1.88. The van der Waals surface area contributed by atoms with Crippen LogP contribution in [0.4, 0.5) is 16.2 Å². The third-order valence-corrected chi connectivity index (χ3v) is 2.60. The fourth-order valence-electron chi connectivity index (χ4n) is 1.67. The smallest absolute Gasteiger partial charge is 0.319 e. The number of ether oxygens (including phenoxy) is 1. The summed E-state index contributed by atoms with van der Waals surface area (Å²) < 4.78 is 5.13. The molecule has 2 N–H and O–H groups in total. The lowest BCUT2D eigenvalue weighted by Gasteiger charge is -2.11. The Bertz CT molecular complexity index is 440. The van der Waals surface area contributed by atoms with Crippen LogP contribution in [0.2, 0.25) is 0 Å². The Morgan fingerprint density at radius 3 is 2.67 bits per heavy atom. The zero-order valence-corrected chi connectivity index (χ0v) is 9.59. The van der Waals surface area contributed by atoms with E-state index < -0.39 is 4.92 Å². The molecule has 18 heavy (non-hydrogen) atoms. The first-order valence-corrected chi connectivity index (χ1v) is 5.55. The van der Waals surface area contributed by atoms with Crippen molar-refractivity contribution in [3.8, 4) is 0 Å². The van der Waals surface area contributed by atoms with E-state index in [1.54, 1.807) is 0 Å². The highest BCUT2D eigenvalue weighted by Crippen LogP contribution is 2.15. The first kappa shape index (κ1) is 12.3. The van der Waals surface area contributed by atoms with Crippen molar-refractivity contribution < 1.29 is 14.5 Å². The average molecular weight is 251 g/mol. The number of rotatable bonds is 3. The van der Waals surface area contributed by atoms with E-state index in [0.717, 1.165) is 6.42 Å². The fraction of sp³-hybridized carbons (Fsp3) is 0.364. The van der Waals surface area contributed by atoms with Crippen LogP contribution >= 0.6 is 0 Å². The first-order chi connectivity index (χ1) is 8.65. The van der Waals surface area contributed by atoms with E-state index in [0.29, 0.717) is 18.9 Å². The maximum absolute atomic E-state index is 11.6. The van der Waals surface area contributed by atoms with Gasteiger partial charge in [-0.2, -0.15) is 0 Å². The van der Waals surface area contributed by atoms with Gasteiger partial charge in [-0.15, -0.1) is 0 Å². The largest absolute Gasteiger partial charge is 0.379 e. The average Bonchev–Trinajstić information content (AvgIpc) is 2.82. The van der Waals surface area contributed by atoms with Crippen LogP contribution in [-0.2, 0) is 4.74 Å². The minimum atomic E-state index is -0.486. The highest BCUT2D eigenvalue weighted by molar-refractivity contribution is 5.89. The second-order valence-corrected chi connectivity index (χ2v) is 3.96. The molecule has 1 aromatic carbocycles. The number of non-ortho nitro benzene ring substituents is 1. The molecule has 1 fully saturated rings. The van der Waals surface area contributed by atoms with E-state index in [1.807, 2.05) is 0 Å². The summed E-state index contributed by atoms with van der Waals surface area (Å²) in [4.78, 5) is 21.5. The molecule has 2 amide bonds. The lowest BCUT2D eigenvalue weighted by atomic mass is 10.2. The van der Waals surface area contributed by atoms with Crippen LogP contribution in [0.1, 0.15) is 6.42 Å². The highest BCUT2D eigenvalue weighted by atomic mass is 16.6. The Hall–Kier alpha value is -2.15. The Morgan fingerprint density at radius 2 is 2.11 bits per heavy atom. The second kappa shape index (κ2) is 5.46. The molecule has 96 valence electrons. The number of nitrogens with one attached hydrogen (secondary N) is 2. The van der Waals surface area contributed by atoms with E-state index in [1.165, 1.54) is 24.3 Å². The molecule has 1 aliphatic rings. The summed E-state index contributed by atoms with van der Waals surface area (Å²) in [6.45, 7) is 1.18. The number of hydrogen-bond acceptors (Lipinski definition) is 4. The number of carbonyl (C=O) groups is 1. The highest BCUT2D eigenvalue weighted by Gasteiger charge is 2.17. The number of nitro groups is 1. The topological polar surface area (TPSA) is 93.5 Å². The summed E-state index contributed by atoms with van der Waals surface area (Å²) in [5, 5.41) is 15.8. The molecular weight excluding hydrogens is 238 g/mol. The van der Waals surface area contributed by atoms with Crippen LogP contribution in [0.3, 0.4) is 0 Å². The predicted octanol–water partition coefficient (Wildman–Crippen LogP) is 1.51. The van der Waals surface area contributed by atoms with Crippen molar-refractivity contribution in [1.29, 1.82) is 0 Å². The van der Waals surface area contributed by atoms with Gasteiger partial charge < -0.3 is 15.4 Å². The molecule has 1 heterocycles. The molecule has 1 atom stereocenters. The van der Waals surface area contributed by atoms with Crippen molar-refractivity contribution >= 4 is 17.4 Å². The molecule has 7 nitrogen and oxygen atoms in total. The number of benzene rings is 1. The number of nitro benzene ring substituents is 1. The van der Waals surface area contributed by atoms with Crippen LogP contribution < -0.4 is 10.6 Å². The molecule has 7 heteroatoms. The summed E-state index contributed by atoms with van der Waals surface area (Å²) >= 11 is 0. The van der Waals surface area contributed by atoms with Gasteiger partial charge in [0.2, 0.25) is 0 Å². The molecule has 1 saturated heterocycles. The van der Waals surface area contributed by atoms with Crippen LogP contribution in [0.25, 0.3) is 0 Å². The maximum Gasteiger partial charge on any atom is 0.319 e. The fourth-order valence-corrected chi connectivity index (χ4v) is 1.67. The van der Waals surface area contributed by atoms with Crippen molar-refractivity contribution in [3.63, 3.8) is 0 Å². The number of carbonyl (C=O) groups excluding carboxylic acids is 1. The number of hydrogen-bond donors (Lipinski definition) is 2. The lowest BCUT2D eigenvalue weighted by molar-refractivity contribution is -0.384. The first-order valence-electron chi connectivity index (χ1n) is 5.55. The number of amides is 2. The van der Waals surface area contributed by atoms with Gasteiger partial charge in [-0.25, -0.2) is 4.79 Å². The molecule has 2 rings (SSSR count). The van der Waals surface area contributed by atoms with Crippen LogP contribution in [-0.4, -0.2) is 30.2 Å². The van der Waals surface area contributed by atoms with Gasteiger partial charge in [0.05, 0.1) is 17.6 Å². The minimum Gasteiger partial charge on any atom is -0.379 e. The standard InChI is InChI=1S/C11H13N3O4/c15-11(13-9-5-6-18-7-9)12-8-1-3-10(4-2-8)14(16)17/h1-4,9H,5-7H2,(H2,12,13,15). The van der Waals surface area contributed by atoms with Gasteiger partial charge in [0.1, 0.15) is 0 Å². The van der Waals surface area contributed by atoms with E-state index >= 15 is 0 Å². The van der Waals surface area contributed by atoms with E-state index in [2.05, 4.69) is 10.6 Å². The molecule has 0 spiro atoms. The molecular formula is C11H13N3O4. The zero-order chi connectivity index (χ0) is 13.0. The number of anilines is 1. The Labute approximate surface area is 103 Å². The van der Waals surface area contributed by atoms with Crippen molar-refractivity contribution in [2.24, 2.45) is 0 Å². The van der Waals surface area contributed by atoms with Gasteiger partial charge in [-0.05, 0) is 18.6 Å². The maximum atomic E-state index is 11.6. The molecule has 0 aliphatic carbocycles. The number of urea groups is 1. The van der Waals surface area contributed by atoms with Crippen LogP contribution in [0.15, 0.2) is 24.3 Å². The third kappa shape index (κ3) is 3.17. The van der Waals surface area contributed by atoms with Gasteiger partial charge in [0.15, 0.2) is 0 Å². The normalized spacial score (nSPS) is 18.3. The summed E-state index contributed by atoms with van der Waals surface area (Å²) in [5.74, 6) is 0. The molecule has 1 aromatic rings. The summed E-state index contributed by atoms with van der Waals surface area (Å²) in [7, 11) is 0. The monoisotopic (exact) mass is 251 g/mol. The van der Waals surface area contributed by atoms with Crippen molar-refractivity contribution in [2.75, 3.05) is 18.5 Å². The summed E-state index contributed by atoms with van der Waals surface area (Å²) in [6.07, 6.45) is 0.799. The number of nitrogens with zero attached hydrogens (tertiary/aromatic N) is 1. The molecule has 1 unspecified atom stereocenters. The molecule has 0 radical (unpaired) electrons. The summed E-state index contributed by atoms with van der Waals surface area (Å²) in [6, 6.07) is 5.36. The quantitative estimate of drug-likeness (QED) is 0.628. The van der Waals surface area contributed by atoms with Crippen molar-refractivity contribution in [3.05, 3.63) is 34.4 Å². The lowest BCUT2D eigenvalue weighted by Crippen LogP contribution is -2.38. The molecule has 0 bridgehead atoms. The third-order valence-electron chi connectivity index (χ3n) is 2.60. The molecule has 0 saturated carbocycles. The van der Waals surface area contributed by atoms with Crippen molar-refractivity contribution in [1.82, 2.24) is 5.32 Å².